The second kappa shape index (κ2) is 4.72. The Hall–Kier alpha value is -0.610. The van der Waals surface area contributed by atoms with Gasteiger partial charge in [0.05, 0.1) is 6.10 Å². The van der Waals surface area contributed by atoms with E-state index in [4.69, 9.17) is 5.73 Å². The third kappa shape index (κ3) is 2.38. The molecule has 0 radical (unpaired) electrons. The molecule has 1 aliphatic carbocycles. The molecule has 4 atom stereocenters. The minimum absolute atomic E-state index is 0.141. The standard InChI is InChI=1S/C12H22N2O2/c1-8(15)10-4-5-14(7-10)12(16)9-2-3-11(13)6-9/h8-11,15H,2-7,13H2,1H3. The van der Waals surface area contributed by atoms with Gasteiger partial charge < -0.3 is 15.7 Å². The summed E-state index contributed by atoms with van der Waals surface area (Å²) < 4.78 is 0. The molecule has 1 aliphatic heterocycles. The molecular formula is C12H22N2O2. The Morgan fingerprint density at radius 2 is 2.19 bits per heavy atom. The van der Waals surface area contributed by atoms with Crippen molar-refractivity contribution in [1.29, 1.82) is 0 Å². The Morgan fingerprint density at radius 3 is 2.69 bits per heavy atom. The monoisotopic (exact) mass is 226 g/mol. The van der Waals surface area contributed by atoms with Crippen LogP contribution in [0.2, 0.25) is 0 Å². The summed E-state index contributed by atoms with van der Waals surface area (Å²) in [5.41, 5.74) is 5.83. The number of amides is 1. The highest BCUT2D eigenvalue weighted by molar-refractivity contribution is 5.79. The predicted octanol–water partition coefficient (Wildman–Crippen LogP) is 0.343. The molecule has 2 fully saturated rings. The van der Waals surface area contributed by atoms with Crippen molar-refractivity contribution in [3.05, 3.63) is 0 Å². The van der Waals surface area contributed by atoms with Gasteiger partial charge in [-0.2, -0.15) is 0 Å². The topological polar surface area (TPSA) is 66.6 Å². The first kappa shape index (κ1) is 11.9. The first-order valence-corrected chi connectivity index (χ1v) is 6.30. The number of carbonyl (C=O) groups excluding carboxylic acids is 1. The van der Waals surface area contributed by atoms with Crippen LogP contribution in [0.25, 0.3) is 0 Å². The molecule has 1 amide bonds. The summed E-state index contributed by atoms with van der Waals surface area (Å²) in [6.45, 7) is 3.34. The van der Waals surface area contributed by atoms with Gasteiger partial charge in [0.2, 0.25) is 5.91 Å². The van der Waals surface area contributed by atoms with Crippen molar-refractivity contribution in [1.82, 2.24) is 4.90 Å². The molecule has 92 valence electrons. The Kier molecular flexibility index (Phi) is 3.50. The number of rotatable bonds is 2. The maximum atomic E-state index is 12.2. The van der Waals surface area contributed by atoms with Crippen molar-refractivity contribution in [3.8, 4) is 0 Å². The van der Waals surface area contributed by atoms with Crippen LogP contribution in [-0.2, 0) is 4.79 Å². The van der Waals surface area contributed by atoms with E-state index >= 15 is 0 Å². The van der Waals surface area contributed by atoms with Gasteiger partial charge in [-0.05, 0) is 32.6 Å². The number of aliphatic hydroxyl groups is 1. The maximum Gasteiger partial charge on any atom is 0.225 e. The van der Waals surface area contributed by atoms with Crippen molar-refractivity contribution in [2.45, 2.75) is 44.8 Å². The highest BCUT2D eigenvalue weighted by Crippen LogP contribution is 2.29. The number of nitrogens with two attached hydrogens (primary N) is 1. The minimum Gasteiger partial charge on any atom is -0.393 e. The third-order valence-electron chi connectivity index (χ3n) is 4.04. The smallest absolute Gasteiger partial charge is 0.225 e. The van der Waals surface area contributed by atoms with Gasteiger partial charge in [-0.15, -0.1) is 0 Å². The second-order valence-corrected chi connectivity index (χ2v) is 5.34. The van der Waals surface area contributed by atoms with Crippen LogP contribution < -0.4 is 5.73 Å². The average molecular weight is 226 g/mol. The van der Waals surface area contributed by atoms with Gasteiger partial charge in [0, 0.05) is 31.0 Å². The van der Waals surface area contributed by atoms with Gasteiger partial charge in [-0.25, -0.2) is 0 Å². The molecule has 0 aromatic heterocycles. The fourth-order valence-corrected chi connectivity index (χ4v) is 2.88. The zero-order valence-corrected chi connectivity index (χ0v) is 9.93. The van der Waals surface area contributed by atoms with Crippen molar-refractivity contribution < 1.29 is 9.90 Å². The summed E-state index contributed by atoms with van der Waals surface area (Å²) in [5.74, 6) is 0.665. The van der Waals surface area contributed by atoms with Gasteiger partial charge in [-0.1, -0.05) is 0 Å². The molecule has 16 heavy (non-hydrogen) atoms. The van der Waals surface area contributed by atoms with Crippen molar-refractivity contribution in [3.63, 3.8) is 0 Å². The fourth-order valence-electron chi connectivity index (χ4n) is 2.88. The second-order valence-electron chi connectivity index (χ2n) is 5.34. The van der Waals surface area contributed by atoms with E-state index in [-0.39, 0.29) is 29.9 Å². The number of aliphatic hydroxyl groups excluding tert-OH is 1. The van der Waals surface area contributed by atoms with Crippen LogP contribution in [0.5, 0.6) is 0 Å². The summed E-state index contributed by atoms with van der Waals surface area (Å²) >= 11 is 0. The van der Waals surface area contributed by atoms with E-state index in [9.17, 15) is 9.90 Å². The molecule has 0 aromatic carbocycles. The van der Waals surface area contributed by atoms with Crippen LogP contribution in [0.3, 0.4) is 0 Å². The van der Waals surface area contributed by atoms with Crippen molar-refractivity contribution >= 4 is 5.91 Å². The van der Waals surface area contributed by atoms with Gasteiger partial charge in [0.25, 0.3) is 0 Å². The van der Waals surface area contributed by atoms with E-state index in [1.54, 1.807) is 0 Å². The molecule has 0 bridgehead atoms. The van der Waals surface area contributed by atoms with E-state index in [2.05, 4.69) is 0 Å². The molecule has 4 unspecified atom stereocenters. The number of hydrogen-bond donors (Lipinski definition) is 2. The Labute approximate surface area is 96.8 Å². The van der Waals surface area contributed by atoms with Gasteiger partial charge in [-0.3, -0.25) is 4.79 Å². The highest BCUT2D eigenvalue weighted by Gasteiger charge is 2.35. The molecule has 1 saturated carbocycles. The van der Waals surface area contributed by atoms with E-state index in [1.165, 1.54) is 0 Å². The summed E-state index contributed by atoms with van der Waals surface area (Å²) in [4.78, 5) is 14.1. The van der Waals surface area contributed by atoms with Crippen LogP contribution in [0.4, 0.5) is 0 Å². The molecule has 3 N–H and O–H groups in total. The highest BCUT2D eigenvalue weighted by atomic mass is 16.3. The molecule has 1 heterocycles. The summed E-state index contributed by atoms with van der Waals surface area (Å²) in [5, 5.41) is 9.50. The summed E-state index contributed by atoms with van der Waals surface area (Å²) in [6.07, 6.45) is 3.39. The lowest BCUT2D eigenvalue weighted by Crippen LogP contribution is -2.35. The molecule has 1 saturated heterocycles. The predicted molar refractivity (Wildman–Crippen MR) is 61.7 cm³/mol. The summed E-state index contributed by atoms with van der Waals surface area (Å²) in [6, 6.07) is 0.212. The average Bonchev–Trinajstić information content (AvgIpc) is 2.84. The Morgan fingerprint density at radius 1 is 1.44 bits per heavy atom. The first-order chi connectivity index (χ1) is 7.58. The fraction of sp³-hybridized carbons (Fsp3) is 0.917. The van der Waals surface area contributed by atoms with Crippen molar-refractivity contribution in [2.24, 2.45) is 17.6 Å². The zero-order valence-electron chi connectivity index (χ0n) is 9.93. The SMILES string of the molecule is CC(O)C1CCN(C(=O)C2CCC(N)C2)C1. The Balaban J connectivity index is 1.87. The van der Waals surface area contributed by atoms with Crippen LogP contribution >= 0.6 is 0 Å². The molecule has 4 heteroatoms. The molecule has 0 aromatic rings. The van der Waals surface area contributed by atoms with E-state index < -0.39 is 0 Å². The Bertz CT molecular complexity index is 268. The lowest BCUT2D eigenvalue weighted by molar-refractivity contribution is -0.134. The van der Waals surface area contributed by atoms with E-state index in [0.717, 1.165) is 38.8 Å². The number of nitrogens with zero attached hydrogens (tertiary/aromatic N) is 1. The number of hydrogen-bond acceptors (Lipinski definition) is 3. The lowest BCUT2D eigenvalue weighted by atomic mass is 10.0. The quantitative estimate of drug-likeness (QED) is 0.713. The van der Waals surface area contributed by atoms with Crippen LogP contribution in [0, 0.1) is 11.8 Å². The van der Waals surface area contributed by atoms with Gasteiger partial charge >= 0.3 is 0 Å². The van der Waals surface area contributed by atoms with Crippen LogP contribution in [0.1, 0.15) is 32.6 Å². The third-order valence-corrected chi connectivity index (χ3v) is 4.04. The van der Waals surface area contributed by atoms with Gasteiger partial charge in [0.1, 0.15) is 0 Å². The molecule has 0 spiro atoms. The largest absolute Gasteiger partial charge is 0.393 e. The molecule has 4 nitrogen and oxygen atoms in total. The zero-order chi connectivity index (χ0) is 11.7. The molecule has 2 rings (SSSR count). The minimum atomic E-state index is -0.302. The van der Waals surface area contributed by atoms with E-state index in [0.29, 0.717) is 0 Å². The van der Waals surface area contributed by atoms with Gasteiger partial charge in [0.15, 0.2) is 0 Å². The normalized spacial score (nSPS) is 36.7. The summed E-state index contributed by atoms with van der Waals surface area (Å²) in [7, 11) is 0. The van der Waals surface area contributed by atoms with Crippen LogP contribution in [-0.4, -0.2) is 41.1 Å². The molecular weight excluding hydrogens is 204 g/mol. The van der Waals surface area contributed by atoms with Crippen LogP contribution in [0.15, 0.2) is 0 Å². The number of carbonyl (C=O) groups is 1. The van der Waals surface area contributed by atoms with Crippen molar-refractivity contribution in [2.75, 3.05) is 13.1 Å². The lowest BCUT2D eigenvalue weighted by Gasteiger charge is -2.21. The maximum absolute atomic E-state index is 12.2. The number of likely N-dealkylation sites (tertiary alicyclic amines) is 1. The van der Waals surface area contributed by atoms with E-state index in [1.807, 2.05) is 11.8 Å². The molecule has 2 aliphatic rings. The first-order valence-electron chi connectivity index (χ1n) is 6.30.